The Labute approximate surface area is 179 Å². The number of aldehydes is 1. The number of nitrogens with zero attached hydrogens (tertiary/aromatic N) is 3. The number of piperidine rings is 1. The van der Waals surface area contributed by atoms with E-state index in [9.17, 15) is 18.0 Å². The number of hydrogen-bond donors (Lipinski definition) is 0. The van der Waals surface area contributed by atoms with Crippen molar-refractivity contribution in [2.24, 2.45) is 5.92 Å². The molecule has 2 aromatic carbocycles. The minimum Gasteiger partial charge on any atom is -0.371 e. The summed E-state index contributed by atoms with van der Waals surface area (Å²) in [5.41, 5.74) is 1.60. The van der Waals surface area contributed by atoms with Gasteiger partial charge >= 0.3 is 6.18 Å². The Morgan fingerprint density at radius 1 is 0.935 bits per heavy atom. The maximum absolute atomic E-state index is 13.3. The van der Waals surface area contributed by atoms with Gasteiger partial charge in [0.05, 0.1) is 17.2 Å². The van der Waals surface area contributed by atoms with Crippen LogP contribution >= 0.6 is 0 Å². The summed E-state index contributed by atoms with van der Waals surface area (Å²) >= 11 is 0. The fraction of sp³-hybridized carbons (Fsp3) is 0.417. The zero-order chi connectivity index (χ0) is 22.0. The van der Waals surface area contributed by atoms with Crippen LogP contribution in [-0.2, 0) is 11.0 Å². The minimum absolute atomic E-state index is 0.167. The van der Waals surface area contributed by atoms with E-state index >= 15 is 0 Å². The van der Waals surface area contributed by atoms with E-state index in [2.05, 4.69) is 29.2 Å². The predicted molar refractivity (Wildman–Crippen MR) is 113 cm³/mol. The molecule has 2 aliphatic rings. The van der Waals surface area contributed by atoms with E-state index in [0.717, 1.165) is 50.4 Å². The third-order valence-corrected chi connectivity index (χ3v) is 6.44. The molecule has 2 aliphatic heterocycles. The van der Waals surface area contributed by atoms with Crippen LogP contribution in [0, 0.1) is 17.2 Å². The van der Waals surface area contributed by atoms with E-state index in [1.165, 1.54) is 11.6 Å². The molecule has 162 valence electrons. The average molecular weight is 427 g/mol. The molecule has 4 nitrogen and oxygen atoms in total. The highest BCUT2D eigenvalue weighted by molar-refractivity contribution is 5.57. The van der Waals surface area contributed by atoms with Crippen LogP contribution in [-0.4, -0.2) is 32.5 Å². The first-order chi connectivity index (χ1) is 14.9. The molecule has 2 saturated heterocycles. The van der Waals surface area contributed by atoms with Gasteiger partial charge in [0.15, 0.2) is 0 Å². The van der Waals surface area contributed by atoms with Gasteiger partial charge in [-0.1, -0.05) is 12.1 Å². The van der Waals surface area contributed by atoms with E-state index in [1.54, 1.807) is 12.1 Å². The van der Waals surface area contributed by atoms with Crippen LogP contribution in [0.25, 0.3) is 0 Å². The van der Waals surface area contributed by atoms with Gasteiger partial charge in [0.1, 0.15) is 6.29 Å². The first kappa shape index (κ1) is 21.2. The lowest BCUT2D eigenvalue weighted by atomic mass is 9.96. The smallest absolute Gasteiger partial charge is 0.371 e. The maximum Gasteiger partial charge on any atom is 0.417 e. The summed E-state index contributed by atoms with van der Waals surface area (Å²) in [6, 6.07) is 14.0. The summed E-state index contributed by atoms with van der Waals surface area (Å²) in [6.07, 6.45) is -0.861. The van der Waals surface area contributed by atoms with Gasteiger partial charge in [0.25, 0.3) is 0 Å². The van der Waals surface area contributed by atoms with Gasteiger partial charge in [-0.25, -0.2) is 0 Å². The number of alkyl halides is 3. The largest absolute Gasteiger partial charge is 0.417 e. The molecule has 2 aromatic rings. The van der Waals surface area contributed by atoms with E-state index in [-0.39, 0.29) is 17.4 Å². The van der Waals surface area contributed by atoms with Crippen LogP contribution in [0.1, 0.15) is 41.9 Å². The molecule has 0 radical (unpaired) electrons. The Morgan fingerprint density at radius 3 is 2.19 bits per heavy atom. The van der Waals surface area contributed by atoms with Crippen molar-refractivity contribution in [1.29, 1.82) is 5.26 Å². The predicted octanol–water partition coefficient (Wildman–Crippen LogP) is 4.99. The lowest BCUT2D eigenvalue weighted by Crippen LogP contribution is -2.34. The molecule has 0 aliphatic carbocycles. The van der Waals surface area contributed by atoms with Gasteiger partial charge in [-0.2, -0.15) is 18.4 Å². The second kappa shape index (κ2) is 8.62. The van der Waals surface area contributed by atoms with E-state index in [1.807, 2.05) is 4.90 Å². The highest BCUT2D eigenvalue weighted by Gasteiger charge is 2.35. The molecular weight excluding hydrogens is 403 g/mol. The lowest BCUT2D eigenvalue weighted by molar-refractivity contribution is -0.137. The Bertz CT molecular complexity index is 973. The molecule has 0 spiro atoms. The molecular formula is C24H24F3N3O. The summed E-state index contributed by atoms with van der Waals surface area (Å²) in [6.45, 7) is 3.07. The van der Waals surface area contributed by atoms with Gasteiger partial charge in [-0.15, -0.1) is 0 Å². The highest BCUT2D eigenvalue weighted by Crippen LogP contribution is 2.37. The molecule has 1 atom stereocenters. The van der Waals surface area contributed by atoms with E-state index < -0.39 is 11.7 Å². The highest BCUT2D eigenvalue weighted by atomic mass is 19.4. The number of hydrogen-bond acceptors (Lipinski definition) is 4. The van der Waals surface area contributed by atoms with Crippen LogP contribution in [0.15, 0.2) is 42.5 Å². The topological polar surface area (TPSA) is 47.3 Å². The monoisotopic (exact) mass is 427 g/mol. The number of rotatable bonds is 4. The minimum atomic E-state index is -4.55. The normalized spacial score (nSPS) is 20.0. The SMILES string of the molecule is N#Cc1ccc(N2CC[C@H](c3ccc(N4CCC(C=O)CC4)cc3)C2)cc1C(F)(F)F. The van der Waals surface area contributed by atoms with Gasteiger partial charge < -0.3 is 14.6 Å². The number of anilines is 2. The molecule has 0 amide bonds. The summed E-state index contributed by atoms with van der Waals surface area (Å²) < 4.78 is 39.9. The van der Waals surface area contributed by atoms with Crippen LogP contribution in [0.4, 0.5) is 24.5 Å². The molecule has 0 bridgehead atoms. The molecule has 0 unspecified atom stereocenters. The first-order valence-electron chi connectivity index (χ1n) is 10.6. The second-order valence-electron chi connectivity index (χ2n) is 8.32. The third kappa shape index (κ3) is 4.53. The molecule has 31 heavy (non-hydrogen) atoms. The molecule has 2 fully saturated rings. The zero-order valence-corrected chi connectivity index (χ0v) is 17.1. The standard InChI is InChI=1S/C24H24F3N3O/c25-24(26,27)23-13-22(6-3-19(23)14-28)30-12-9-20(15-30)18-1-4-21(5-2-18)29-10-7-17(16-31)8-11-29/h1-6,13,16-17,20H,7-12,15H2/t20-/m0/s1. The maximum atomic E-state index is 13.3. The first-order valence-corrected chi connectivity index (χ1v) is 10.6. The fourth-order valence-electron chi connectivity index (χ4n) is 4.58. The molecule has 0 N–H and O–H groups in total. The number of carbonyl (C=O) groups excluding carboxylic acids is 1. The Balaban J connectivity index is 1.44. The van der Waals surface area contributed by atoms with Gasteiger partial charge in [-0.3, -0.25) is 0 Å². The number of carbonyl (C=O) groups is 1. The summed E-state index contributed by atoms with van der Waals surface area (Å²) in [4.78, 5) is 15.2. The second-order valence-corrected chi connectivity index (χ2v) is 8.32. The van der Waals surface area contributed by atoms with Crippen molar-refractivity contribution in [2.45, 2.75) is 31.4 Å². The summed E-state index contributed by atoms with van der Waals surface area (Å²) in [5, 5.41) is 8.99. The van der Waals surface area contributed by atoms with Crippen molar-refractivity contribution in [3.8, 4) is 6.07 Å². The number of halogens is 3. The number of nitriles is 1. The molecule has 7 heteroatoms. The van der Waals surface area contributed by atoms with Crippen molar-refractivity contribution in [2.75, 3.05) is 36.0 Å². The van der Waals surface area contributed by atoms with Crippen molar-refractivity contribution < 1.29 is 18.0 Å². The molecule has 0 saturated carbocycles. The van der Waals surface area contributed by atoms with Crippen LogP contribution < -0.4 is 9.80 Å². The fourth-order valence-corrected chi connectivity index (χ4v) is 4.58. The summed E-state index contributed by atoms with van der Waals surface area (Å²) in [7, 11) is 0. The van der Waals surface area contributed by atoms with Crippen molar-refractivity contribution >= 4 is 17.7 Å². The Kier molecular flexibility index (Phi) is 5.90. The van der Waals surface area contributed by atoms with Crippen molar-refractivity contribution in [3.05, 3.63) is 59.2 Å². The van der Waals surface area contributed by atoms with Gasteiger partial charge in [0.2, 0.25) is 0 Å². The van der Waals surface area contributed by atoms with Crippen LogP contribution in [0.2, 0.25) is 0 Å². The van der Waals surface area contributed by atoms with Gasteiger partial charge in [0, 0.05) is 49.4 Å². The third-order valence-electron chi connectivity index (χ3n) is 6.44. The zero-order valence-electron chi connectivity index (χ0n) is 17.1. The molecule has 0 aromatic heterocycles. The Morgan fingerprint density at radius 2 is 1.58 bits per heavy atom. The molecule has 4 rings (SSSR count). The molecule has 2 heterocycles. The average Bonchev–Trinajstić information content (AvgIpc) is 3.28. The number of benzene rings is 2. The van der Waals surface area contributed by atoms with Crippen LogP contribution in [0.3, 0.4) is 0 Å². The Hall–Kier alpha value is -3.01. The van der Waals surface area contributed by atoms with Crippen molar-refractivity contribution in [1.82, 2.24) is 0 Å². The quantitative estimate of drug-likeness (QED) is 0.646. The van der Waals surface area contributed by atoms with E-state index in [4.69, 9.17) is 5.26 Å². The van der Waals surface area contributed by atoms with Crippen molar-refractivity contribution in [3.63, 3.8) is 0 Å². The van der Waals surface area contributed by atoms with E-state index in [0.29, 0.717) is 18.8 Å². The lowest BCUT2D eigenvalue weighted by Gasteiger charge is -2.31. The summed E-state index contributed by atoms with van der Waals surface area (Å²) in [5.74, 6) is 0.417. The van der Waals surface area contributed by atoms with Gasteiger partial charge in [-0.05, 0) is 55.2 Å². The van der Waals surface area contributed by atoms with Crippen LogP contribution in [0.5, 0.6) is 0 Å².